The van der Waals surface area contributed by atoms with Gasteiger partial charge in [0.2, 0.25) is 0 Å². The number of rotatable bonds is 5. The average Bonchev–Trinajstić information content (AvgIpc) is 2.68. The maximum absolute atomic E-state index is 5.12. The third-order valence-corrected chi connectivity index (χ3v) is 3.01. The summed E-state index contributed by atoms with van der Waals surface area (Å²) in [4.78, 5) is 2.54. The quantitative estimate of drug-likeness (QED) is 0.693. The number of nitrogens with one attached hydrogen (secondary N) is 2. The van der Waals surface area contributed by atoms with Crippen LogP contribution in [0.15, 0.2) is 0 Å². The highest BCUT2D eigenvalue weighted by Crippen LogP contribution is 2.09. The summed E-state index contributed by atoms with van der Waals surface area (Å²) in [6.07, 6.45) is 2.74. The van der Waals surface area contributed by atoms with Gasteiger partial charge in [0.05, 0.1) is 0 Å². The minimum absolute atomic E-state index is 0.666. The first-order valence-corrected chi connectivity index (χ1v) is 6.37. The van der Waals surface area contributed by atoms with Gasteiger partial charge in [-0.25, -0.2) is 0 Å². The molecule has 0 saturated carbocycles. The van der Waals surface area contributed by atoms with E-state index in [0.29, 0.717) is 5.92 Å². The van der Waals surface area contributed by atoms with Crippen LogP contribution in [0.3, 0.4) is 0 Å². The van der Waals surface area contributed by atoms with Gasteiger partial charge >= 0.3 is 0 Å². The van der Waals surface area contributed by atoms with Gasteiger partial charge in [-0.2, -0.15) is 0 Å². The SMILES string of the molecule is CCNC(=S)NCC(C)CN1CCCC1. The van der Waals surface area contributed by atoms with Gasteiger partial charge in [0.1, 0.15) is 0 Å². The van der Waals surface area contributed by atoms with E-state index in [0.717, 1.165) is 18.2 Å². The van der Waals surface area contributed by atoms with Crippen LogP contribution in [-0.4, -0.2) is 42.7 Å². The molecule has 4 heteroatoms. The minimum Gasteiger partial charge on any atom is -0.363 e. The van der Waals surface area contributed by atoms with Crippen molar-refractivity contribution in [2.75, 3.05) is 32.7 Å². The molecule has 0 aromatic heterocycles. The van der Waals surface area contributed by atoms with E-state index in [2.05, 4.69) is 29.4 Å². The monoisotopic (exact) mass is 229 g/mol. The zero-order valence-electron chi connectivity index (χ0n) is 9.88. The first kappa shape index (κ1) is 12.7. The fraction of sp³-hybridized carbons (Fsp3) is 0.909. The van der Waals surface area contributed by atoms with Crippen LogP contribution in [0, 0.1) is 5.92 Å². The van der Waals surface area contributed by atoms with Crippen molar-refractivity contribution in [1.29, 1.82) is 0 Å². The van der Waals surface area contributed by atoms with Crippen LogP contribution in [0.2, 0.25) is 0 Å². The van der Waals surface area contributed by atoms with E-state index in [1.54, 1.807) is 0 Å². The summed E-state index contributed by atoms with van der Waals surface area (Å²) in [7, 11) is 0. The number of thiocarbonyl (C=S) groups is 1. The van der Waals surface area contributed by atoms with Crippen LogP contribution < -0.4 is 10.6 Å². The lowest BCUT2D eigenvalue weighted by molar-refractivity contribution is 0.288. The molecular weight excluding hydrogens is 206 g/mol. The van der Waals surface area contributed by atoms with Crippen LogP contribution in [0.4, 0.5) is 0 Å². The summed E-state index contributed by atoms with van der Waals surface area (Å²) in [5.41, 5.74) is 0. The summed E-state index contributed by atoms with van der Waals surface area (Å²) < 4.78 is 0. The third-order valence-electron chi connectivity index (χ3n) is 2.72. The molecule has 0 aromatic carbocycles. The van der Waals surface area contributed by atoms with Gasteiger partial charge < -0.3 is 15.5 Å². The molecule has 0 aromatic rings. The van der Waals surface area contributed by atoms with Crippen LogP contribution in [-0.2, 0) is 0 Å². The molecular formula is C11H23N3S. The van der Waals surface area contributed by atoms with Gasteiger partial charge in [0, 0.05) is 19.6 Å². The van der Waals surface area contributed by atoms with Crippen molar-refractivity contribution in [2.24, 2.45) is 5.92 Å². The Morgan fingerprint density at radius 3 is 2.60 bits per heavy atom. The van der Waals surface area contributed by atoms with Crippen LogP contribution >= 0.6 is 12.2 Å². The number of hydrogen-bond donors (Lipinski definition) is 2. The van der Waals surface area contributed by atoms with E-state index < -0.39 is 0 Å². The zero-order valence-corrected chi connectivity index (χ0v) is 10.7. The minimum atomic E-state index is 0.666. The standard InChI is InChI=1S/C11H23N3S/c1-3-12-11(15)13-8-10(2)9-14-6-4-5-7-14/h10H,3-9H2,1-2H3,(H2,12,13,15). The van der Waals surface area contributed by atoms with Crippen molar-refractivity contribution in [3.8, 4) is 0 Å². The smallest absolute Gasteiger partial charge is 0.166 e. The molecule has 0 aliphatic carbocycles. The molecule has 0 bridgehead atoms. The second-order valence-electron chi connectivity index (χ2n) is 4.35. The molecule has 2 N–H and O–H groups in total. The maximum Gasteiger partial charge on any atom is 0.166 e. The predicted octanol–water partition coefficient (Wildman–Crippen LogP) is 1.20. The lowest BCUT2D eigenvalue weighted by Crippen LogP contribution is -2.39. The third kappa shape index (κ3) is 5.33. The van der Waals surface area contributed by atoms with Crippen molar-refractivity contribution in [3.63, 3.8) is 0 Å². The molecule has 1 aliphatic heterocycles. The number of hydrogen-bond acceptors (Lipinski definition) is 2. The van der Waals surface area contributed by atoms with Gasteiger partial charge in [0.15, 0.2) is 5.11 Å². The summed E-state index contributed by atoms with van der Waals surface area (Å²) >= 11 is 5.12. The van der Waals surface area contributed by atoms with Gasteiger partial charge in [-0.05, 0) is 51.0 Å². The highest BCUT2D eigenvalue weighted by atomic mass is 32.1. The fourth-order valence-electron chi connectivity index (χ4n) is 1.96. The molecule has 0 amide bonds. The van der Waals surface area contributed by atoms with Crippen molar-refractivity contribution >= 4 is 17.3 Å². The molecule has 1 heterocycles. The maximum atomic E-state index is 5.12. The number of likely N-dealkylation sites (tertiary alicyclic amines) is 1. The van der Waals surface area contributed by atoms with Crippen LogP contribution in [0.1, 0.15) is 26.7 Å². The Hall–Kier alpha value is -0.350. The highest BCUT2D eigenvalue weighted by molar-refractivity contribution is 7.80. The largest absolute Gasteiger partial charge is 0.363 e. The van der Waals surface area contributed by atoms with E-state index in [4.69, 9.17) is 12.2 Å². The summed E-state index contributed by atoms with van der Waals surface area (Å²) in [6, 6.07) is 0. The summed E-state index contributed by atoms with van der Waals surface area (Å²) in [5.74, 6) is 0.666. The summed E-state index contributed by atoms with van der Waals surface area (Å²) in [5, 5.41) is 7.14. The molecule has 0 spiro atoms. The van der Waals surface area contributed by atoms with Crippen molar-refractivity contribution in [2.45, 2.75) is 26.7 Å². The Bertz CT molecular complexity index is 190. The van der Waals surface area contributed by atoms with Gasteiger partial charge in [-0.3, -0.25) is 0 Å². The van der Waals surface area contributed by atoms with E-state index in [1.165, 1.54) is 32.5 Å². The Morgan fingerprint density at radius 1 is 1.33 bits per heavy atom. The molecule has 88 valence electrons. The van der Waals surface area contributed by atoms with E-state index in [9.17, 15) is 0 Å². The molecule has 1 atom stereocenters. The first-order valence-electron chi connectivity index (χ1n) is 5.96. The van der Waals surface area contributed by atoms with Gasteiger partial charge in [0.25, 0.3) is 0 Å². The lowest BCUT2D eigenvalue weighted by atomic mass is 10.1. The highest BCUT2D eigenvalue weighted by Gasteiger charge is 2.14. The predicted molar refractivity (Wildman–Crippen MR) is 69.1 cm³/mol. The molecule has 1 aliphatic rings. The van der Waals surface area contributed by atoms with Crippen molar-refractivity contribution < 1.29 is 0 Å². The molecule has 1 rings (SSSR count). The molecule has 0 radical (unpaired) electrons. The molecule has 1 fully saturated rings. The Kier molecular flexibility index (Phi) is 5.95. The Labute approximate surface area is 98.6 Å². The topological polar surface area (TPSA) is 27.3 Å². The zero-order chi connectivity index (χ0) is 11.1. The Morgan fingerprint density at radius 2 is 2.00 bits per heavy atom. The second kappa shape index (κ2) is 7.01. The summed E-state index contributed by atoms with van der Waals surface area (Å²) in [6.45, 7) is 9.96. The first-order chi connectivity index (χ1) is 7.22. The molecule has 1 saturated heterocycles. The van der Waals surface area contributed by atoms with Gasteiger partial charge in [-0.15, -0.1) is 0 Å². The second-order valence-corrected chi connectivity index (χ2v) is 4.76. The number of nitrogens with zero attached hydrogens (tertiary/aromatic N) is 1. The van der Waals surface area contributed by atoms with Crippen molar-refractivity contribution in [1.82, 2.24) is 15.5 Å². The van der Waals surface area contributed by atoms with Crippen LogP contribution in [0.25, 0.3) is 0 Å². The van der Waals surface area contributed by atoms with E-state index >= 15 is 0 Å². The molecule has 15 heavy (non-hydrogen) atoms. The fourth-order valence-corrected chi connectivity index (χ4v) is 2.19. The lowest BCUT2D eigenvalue weighted by Gasteiger charge is -2.21. The van der Waals surface area contributed by atoms with Crippen LogP contribution in [0.5, 0.6) is 0 Å². The van der Waals surface area contributed by atoms with E-state index in [-0.39, 0.29) is 0 Å². The van der Waals surface area contributed by atoms with Gasteiger partial charge in [-0.1, -0.05) is 6.92 Å². The normalized spacial score (nSPS) is 18.8. The van der Waals surface area contributed by atoms with E-state index in [1.807, 2.05) is 0 Å². The Balaban J connectivity index is 2.07. The molecule has 1 unspecified atom stereocenters. The molecule has 3 nitrogen and oxygen atoms in total. The van der Waals surface area contributed by atoms with Crippen molar-refractivity contribution in [3.05, 3.63) is 0 Å². The average molecular weight is 229 g/mol.